The molecule has 118 valence electrons. The summed E-state index contributed by atoms with van der Waals surface area (Å²) in [4.78, 5) is 2.49. The van der Waals surface area contributed by atoms with Crippen molar-refractivity contribution in [3.05, 3.63) is 34.9 Å². The first kappa shape index (κ1) is 16.8. The highest BCUT2D eigenvalue weighted by atomic mass is 35.5. The van der Waals surface area contributed by atoms with Crippen molar-refractivity contribution in [3.8, 4) is 0 Å². The van der Waals surface area contributed by atoms with Crippen LogP contribution in [0.15, 0.2) is 24.3 Å². The molecule has 0 bridgehead atoms. The van der Waals surface area contributed by atoms with E-state index in [-0.39, 0.29) is 12.1 Å². The van der Waals surface area contributed by atoms with Crippen LogP contribution in [0, 0.1) is 0 Å². The van der Waals surface area contributed by atoms with E-state index in [4.69, 9.17) is 16.3 Å². The van der Waals surface area contributed by atoms with Gasteiger partial charge in [-0.25, -0.2) is 0 Å². The van der Waals surface area contributed by atoms with Crippen molar-refractivity contribution in [2.45, 2.75) is 45.4 Å². The molecule has 4 heteroatoms. The van der Waals surface area contributed by atoms with Crippen molar-refractivity contribution < 1.29 is 4.74 Å². The molecule has 1 aliphatic rings. The molecule has 1 N–H and O–H groups in total. The van der Waals surface area contributed by atoms with Crippen LogP contribution in [0.1, 0.15) is 38.8 Å². The number of nitrogens with one attached hydrogen (secondary N) is 1. The molecule has 2 unspecified atom stereocenters. The molecule has 0 radical (unpaired) electrons. The van der Waals surface area contributed by atoms with Crippen molar-refractivity contribution in [1.29, 1.82) is 0 Å². The molecular formula is C17H27ClN2O. The zero-order valence-corrected chi connectivity index (χ0v) is 14.1. The van der Waals surface area contributed by atoms with Gasteiger partial charge in [0, 0.05) is 24.2 Å². The molecule has 0 saturated carbocycles. The van der Waals surface area contributed by atoms with Gasteiger partial charge in [-0.3, -0.25) is 4.90 Å². The molecule has 21 heavy (non-hydrogen) atoms. The van der Waals surface area contributed by atoms with Crippen molar-refractivity contribution in [3.63, 3.8) is 0 Å². The van der Waals surface area contributed by atoms with Crippen LogP contribution in [-0.4, -0.2) is 43.3 Å². The SMILES string of the molecule is CCCNC(c1ccc(Cl)cc1)C1CN(C(C)C)CCO1. The van der Waals surface area contributed by atoms with Gasteiger partial charge >= 0.3 is 0 Å². The maximum absolute atomic E-state index is 6.07. The Labute approximate surface area is 133 Å². The van der Waals surface area contributed by atoms with E-state index in [1.54, 1.807) is 0 Å². The third kappa shape index (κ3) is 4.68. The van der Waals surface area contributed by atoms with Crippen LogP contribution in [0.5, 0.6) is 0 Å². The molecule has 0 amide bonds. The lowest BCUT2D eigenvalue weighted by Crippen LogP contribution is -2.50. The summed E-state index contributed by atoms with van der Waals surface area (Å²) in [6, 6.07) is 8.92. The van der Waals surface area contributed by atoms with Gasteiger partial charge in [0.25, 0.3) is 0 Å². The molecule has 2 rings (SSSR count). The molecule has 3 nitrogen and oxygen atoms in total. The summed E-state index contributed by atoms with van der Waals surface area (Å²) in [7, 11) is 0. The largest absolute Gasteiger partial charge is 0.374 e. The first-order valence-electron chi connectivity index (χ1n) is 7.96. The minimum atomic E-state index is 0.189. The fraction of sp³-hybridized carbons (Fsp3) is 0.647. The Kier molecular flexibility index (Phi) is 6.49. The van der Waals surface area contributed by atoms with E-state index >= 15 is 0 Å². The second-order valence-corrected chi connectivity index (χ2v) is 6.42. The number of hydrogen-bond donors (Lipinski definition) is 1. The van der Waals surface area contributed by atoms with Crippen LogP contribution in [0.3, 0.4) is 0 Å². The summed E-state index contributed by atoms with van der Waals surface area (Å²) in [5.74, 6) is 0. The minimum Gasteiger partial charge on any atom is -0.374 e. The van der Waals surface area contributed by atoms with Gasteiger partial charge in [-0.1, -0.05) is 30.7 Å². The van der Waals surface area contributed by atoms with Crippen LogP contribution in [0.2, 0.25) is 5.02 Å². The van der Waals surface area contributed by atoms with Gasteiger partial charge in [0.1, 0.15) is 0 Å². The summed E-state index contributed by atoms with van der Waals surface area (Å²) < 4.78 is 6.07. The monoisotopic (exact) mass is 310 g/mol. The van der Waals surface area contributed by atoms with Crippen LogP contribution in [-0.2, 0) is 4.74 Å². The van der Waals surface area contributed by atoms with Crippen molar-refractivity contribution in [2.75, 3.05) is 26.2 Å². The summed E-state index contributed by atoms with van der Waals surface area (Å²) in [5, 5.41) is 4.42. The Balaban J connectivity index is 2.12. The first-order chi connectivity index (χ1) is 10.1. The van der Waals surface area contributed by atoms with E-state index in [2.05, 4.69) is 43.1 Å². The van der Waals surface area contributed by atoms with E-state index < -0.39 is 0 Å². The molecule has 1 aromatic carbocycles. The fourth-order valence-corrected chi connectivity index (χ4v) is 2.93. The maximum Gasteiger partial charge on any atom is 0.0897 e. The molecule has 0 aliphatic carbocycles. The third-order valence-electron chi connectivity index (χ3n) is 4.07. The topological polar surface area (TPSA) is 24.5 Å². The summed E-state index contributed by atoms with van der Waals surface area (Å²) >= 11 is 6.01. The van der Waals surface area contributed by atoms with Gasteiger partial charge in [-0.2, -0.15) is 0 Å². The lowest BCUT2D eigenvalue weighted by Gasteiger charge is -2.39. The average Bonchev–Trinajstić information content (AvgIpc) is 2.49. The lowest BCUT2D eigenvalue weighted by atomic mass is 9.99. The van der Waals surface area contributed by atoms with Gasteiger partial charge in [-0.05, 0) is 44.5 Å². The summed E-state index contributed by atoms with van der Waals surface area (Å²) in [6.45, 7) is 10.5. The number of benzene rings is 1. The minimum absolute atomic E-state index is 0.189. The van der Waals surface area contributed by atoms with E-state index in [1.165, 1.54) is 5.56 Å². The lowest BCUT2D eigenvalue weighted by molar-refractivity contribution is -0.0560. The number of ether oxygens (including phenoxy) is 1. The molecule has 2 atom stereocenters. The molecule has 1 saturated heterocycles. The normalized spacial score (nSPS) is 21.7. The van der Waals surface area contributed by atoms with Crippen molar-refractivity contribution >= 4 is 11.6 Å². The highest BCUT2D eigenvalue weighted by Gasteiger charge is 2.29. The highest BCUT2D eigenvalue weighted by molar-refractivity contribution is 6.30. The Morgan fingerprint density at radius 2 is 2.05 bits per heavy atom. The second-order valence-electron chi connectivity index (χ2n) is 5.98. The Morgan fingerprint density at radius 3 is 2.67 bits per heavy atom. The van der Waals surface area contributed by atoms with Gasteiger partial charge < -0.3 is 10.1 Å². The van der Waals surface area contributed by atoms with Crippen LogP contribution in [0.25, 0.3) is 0 Å². The zero-order valence-electron chi connectivity index (χ0n) is 13.3. The van der Waals surface area contributed by atoms with E-state index in [1.807, 2.05) is 12.1 Å². The standard InChI is InChI=1S/C17H27ClN2O/c1-4-9-19-17(14-5-7-15(18)8-6-14)16-12-20(13(2)3)10-11-21-16/h5-8,13,16-17,19H,4,9-12H2,1-3H3. The molecule has 1 heterocycles. The van der Waals surface area contributed by atoms with Crippen molar-refractivity contribution in [2.24, 2.45) is 0 Å². The zero-order chi connectivity index (χ0) is 15.2. The summed E-state index contributed by atoms with van der Waals surface area (Å²) in [5.41, 5.74) is 1.25. The number of morpholine rings is 1. The molecule has 1 aliphatic heterocycles. The number of rotatable bonds is 6. The van der Waals surface area contributed by atoms with Gasteiger partial charge in [0.05, 0.1) is 18.8 Å². The van der Waals surface area contributed by atoms with E-state index in [9.17, 15) is 0 Å². The predicted molar refractivity (Wildman–Crippen MR) is 88.9 cm³/mol. The number of hydrogen-bond acceptors (Lipinski definition) is 3. The predicted octanol–water partition coefficient (Wildman–Crippen LogP) is 3.49. The van der Waals surface area contributed by atoms with Crippen molar-refractivity contribution in [1.82, 2.24) is 10.2 Å². The van der Waals surface area contributed by atoms with Gasteiger partial charge in [0.2, 0.25) is 0 Å². The molecular weight excluding hydrogens is 284 g/mol. The first-order valence-corrected chi connectivity index (χ1v) is 8.34. The van der Waals surface area contributed by atoms with Crippen LogP contribution in [0.4, 0.5) is 0 Å². The second kappa shape index (κ2) is 8.14. The smallest absolute Gasteiger partial charge is 0.0897 e. The molecule has 0 spiro atoms. The Bertz CT molecular complexity index is 421. The molecule has 0 aromatic heterocycles. The van der Waals surface area contributed by atoms with Crippen LogP contribution < -0.4 is 5.32 Å². The van der Waals surface area contributed by atoms with E-state index in [0.29, 0.717) is 6.04 Å². The Morgan fingerprint density at radius 1 is 1.33 bits per heavy atom. The van der Waals surface area contributed by atoms with Gasteiger partial charge in [0.15, 0.2) is 0 Å². The quantitative estimate of drug-likeness (QED) is 0.870. The third-order valence-corrected chi connectivity index (χ3v) is 4.32. The summed E-state index contributed by atoms with van der Waals surface area (Å²) in [6.07, 6.45) is 1.30. The van der Waals surface area contributed by atoms with Crippen LogP contribution >= 0.6 is 11.6 Å². The maximum atomic E-state index is 6.07. The Hall–Kier alpha value is -0.610. The average molecular weight is 311 g/mol. The molecule has 1 fully saturated rings. The number of halogens is 1. The van der Waals surface area contributed by atoms with E-state index in [0.717, 1.165) is 37.7 Å². The fourth-order valence-electron chi connectivity index (χ4n) is 2.80. The van der Waals surface area contributed by atoms with Gasteiger partial charge in [-0.15, -0.1) is 0 Å². The highest BCUT2D eigenvalue weighted by Crippen LogP contribution is 2.24. The molecule has 1 aromatic rings. The number of nitrogens with zero attached hydrogens (tertiary/aromatic N) is 1.